The van der Waals surface area contributed by atoms with Gasteiger partial charge in [-0.1, -0.05) is 0 Å². The molecule has 0 radical (unpaired) electrons. The van der Waals surface area contributed by atoms with Crippen LogP contribution in [0.15, 0.2) is 0 Å². The van der Waals surface area contributed by atoms with Gasteiger partial charge in [0.25, 0.3) is 0 Å². The largest absolute Gasteiger partial charge is 0.481 e. The molecule has 0 aliphatic carbocycles. The molecule has 0 aromatic heterocycles. The smallest absolute Gasteiger partial charge is 0.410 e. The van der Waals surface area contributed by atoms with Crippen LogP contribution in [0, 0.1) is 11.8 Å². The second-order valence-electron chi connectivity index (χ2n) is 6.18. The first-order chi connectivity index (χ1) is 8.79. The van der Waals surface area contributed by atoms with E-state index in [0.29, 0.717) is 26.2 Å². The van der Waals surface area contributed by atoms with Gasteiger partial charge in [-0.3, -0.25) is 4.79 Å². The normalized spacial score (nSPS) is 30.9. The van der Waals surface area contributed by atoms with Gasteiger partial charge in [0.15, 0.2) is 0 Å². The Morgan fingerprint density at radius 3 is 2.58 bits per heavy atom. The van der Waals surface area contributed by atoms with E-state index in [2.05, 4.69) is 0 Å². The van der Waals surface area contributed by atoms with Gasteiger partial charge in [-0.05, 0) is 27.2 Å². The Labute approximate surface area is 112 Å². The van der Waals surface area contributed by atoms with Crippen molar-refractivity contribution in [1.82, 2.24) is 4.90 Å². The van der Waals surface area contributed by atoms with Crippen LogP contribution in [-0.4, -0.2) is 53.5 Å². The van der Waals surface area contributed by atoms with Crippen LogP contribution < -0.4 is 0 Å². The molecule has 2 saturated heterocycles. The molecule has 6 heteroatoms. The summed E-state index contributed by atoms with van der Waals surface area (Å²) in [6.07, 6.45) is 0.0795. The summed E-state index contributed by atoms with van der Waals surface area (Å²) in [5.41, 5.74) is -0.546. The first kappa shape index (κ1) is 14.1. The number of amides is 1. The van der Waals surface area contributed by atoms with Crippen LogP contribution in [0.2, 0.25) is 0 Å². The van der Waals surface area contributed by atoms with Crippen LogP contribution in [-0.2, 0) is 14.3 Å². The van der Waals surface area contributed by atoms with Crippen LogP contribution in [0.3, 0.4) is 0 Å². The summed E-state index contributed by atoms with van der Waals surface area (Å²) in [7, 11) is 0. The summed E-state index contributed by atoms with van der Waals surface area (Å²) in [5.74, 6) is -1.35. The summed E-state index contributed by atoms with van der Waals surface area (Å²) in [5, 5.41) is 9.21. The maximum atomic E-state index is 12.1. The molecule has 0 saturated carbocycles. The average Bonchev–Trinajstić information content (AvgIpc) is 2.73. The zero-order valence-corrected chi connectivity index (χ0v) is 11.6. The van der Waals surface area contributed by atoms with Crippen molar-refractivity contribution in [3.05, 3.63) is 0 Å². The van der Waals surface area contributed by atoms with E-state index in [0.717, 1.165) is 0 Å². The zero-order chi connectivity index (χ0) is 14.2. The number of carbonyl (C=O) groups is 2. The van der Waals surface area contributed by atoms with Gasteiger partial charge in [-0.25, -0.2) is 4.79 Å². The topological polar surface area (TPSA) is 76.1 Å². The van der Waals surface area contributed by atoms with Crippen molar-refractivity contribution >= 4 is 12.1 Å². The molecule has 19 heavy (non-hydrogen) atoms. The first-order valence-corrected chi connectivity index (χ1v) is 6.60. The number of carboxylic acids is 1. The molecule has 0 aromatic rings. The van der Waals surface area contributed by atoms with E-state index in [9.17, 15) is 14.7 Å². The number of ether oxygens (including phenoxy) is 2. The monoisotopic (exact) mass is 271 g/mol. The Morgan fingerprint density at radius 2 is 2.00 bits per heavy atom. The standard InChI is InChI=1S/C13H21NO5/c1-13(2,3)19-12(17)14-5-4-8(11(15)16)9-6-18-7-10(9)14/h8-10H,4-7H2,1-3H3,(H,15,16). The zero-order valence-electron chi connectivity index (χ0n) is 11.6. The highest BCUT2D eigenvalue weighted by atomic mass is 16.6. The van der Waals surface area contributed by atoms with Crippen LogP contribution in [0.25, 0.3) is 0 Å². The van der Waals surface area contributed by atoms with Gasteiger partial charge in [0.1, 0.15) is 5.60 Å². The Balaban J connectivity index is 2.08. The Hall–Kier alpha value is -1.30. The fourth-order valence-corrected chi connectivity index (χ4v) is 2.78. The third kappa shape index (κ3) is 3.00. The van der Waals surface area contributed by atoms with Gasteiger partial charge >= 0.3 is 12.1 Å². The van der Waals surface area contributed by atoms with Crippen molar-refractivity contribution < 1.29 is 24.2 Å². The summed E-state index contributed by atoms with van der Waals surface area (Å²) < 4.78 is 10.7. The van der Waals surface area contributed by atoms with E-state index >= 15 is 0 Å². The van der Waals surface area contributed by atoms with Gasteiger partial charge in [-0.2, -0.15) is 0 Å². The van der Waals surface area contributed by atoms with Crippen LogP contribution >= 0.6 is 0 Å². The molecule has 1 amide bonds. The third-order valence-corrected chi connectivity index (χ3v) is 3.64. The molecule has 3 atom stereocenters. The number of likely N-dealkylation sites (tertiary alicyclic amines) is 1. The molecule has 0 bridgehead atoms. The van der Waals surface area contributed by atoms with Crippen molar-refractivity contribution in [3.8, 4) is 0 Å². The molecule has 2 heterocycles. The Morgan fingerprint density at radius 1 is 1.32 bits per heavy atom. The third-order valence-electron chi connectivity index (χ3n) is 3.64. The molecule has 108 valence electrons. The predicted molar refractivity (Wildman–Crippen MR) is 66.8 cm³/mol. The van der Waals surface area contributed by atoms with Crippen molar-refractivity contribution in [2.24, 2.45) is 11.8 Å². The maximum Gasteiger partial charge on any atom is 0.410 e. The molecular formula is C13H21NO5. The summed E-state index contributed by atoms with van der Waals surface area (Å²) in [6, 6.07) is -0.176. The second kappa shape index (κ2) is 5.00. The SMILES string of the molecule is CC(C)(C)OC(=O)N1CCC(C(=O)O)C2COCC21. The average molecular weight is 271 g/mol. The molecule has 1 N–H and O–H groups in total. The molecule has 0 spiro atoms. The van der Waals surface area contributed by atoms with Gasteiger partial charge in [-0.15, -0.1) is 0 Å². The van der Waals surface area contributed by atoms with E-state index in [1.807, 2.05) is 20.8 Å². The van der Waals surface area contributed by atoms with Crippen LogP contribution in [0.5, 0.6) is 0 Å². The Bertz CT molecular complexity index is 376. The summed E-state index contributed by atoms with van der Waals surface area (Å²) in [4.78, 5) is 25.0. The second-order valence-corrected chi connectivity index (χ2v) is 6.18. The number of carboxylic acid groups (broad SMARTS) is 1. The van der Waals surface area contributed by atoms with Crippen LogP contribution in [0.4, 0.5) is 4.79 Å². The summed E-state index contributed by atoms with van der Waals surface area (Å²) >= 11 is 0. The number of hydrogen-bond donors (Lipinski definition) is 1. The van der Waals surface area contributed by atoms with Crippen molar-refractivity contribution in [3.63, 3.8) is 0 Å². The molecule has 2 aliphatic rings. The highest BCUT2D eigenvalue weighted by Gasteiger charge is 2.47. The molecule has 0 aromatic carbocycles. The fraction of sp³-hybridized carbons (Fsp3) is 0.846. The van der Waals surface area contributed by atoms with Crippen LogP contribution in [0.1, 0.15) is 27.2 Å². The van der Waals surface area contributed by atoms with Crippen molar-refractivity contribution in [2.45, 2.75) is 38.8 Å². The molecule has 2 aliphatic heterocycles. The van der Waals surface area contributed by atoms with Gasteiger partial charge in [0, 0.05) is 12.5 Å². The molecule has 3 unspecified atom stereocenters. The minimum atomic E-state index is -0.802. The number of aliphatic carboxylic acids is 1. The van der Waals surface area contributed by atoms with E-state index < -0.39 is 17.5 Å². The molecule has 2 fully saturated rings. The quantitative estimate of drug-likeness (QED) is 0.779. The number of rotatable bonds is 1. The lowest BCUT2D eigenvalue weighted by Crippen LogP contribution is -2.53. The highest BCUT2D eigenvalue weighted by molar-refractivity contribution is 5.73. The summed E-state index contributed by atoms with van der Waals surface area (Å²) in [6.45, 7) is 6.66. The molecular weight excluding hydrogens is 250 g/mol. The van der Waals surface area contributed by atoms with E-state index in [-0.39, 0.29) is 18.1 Å². The van der Waals surface area contributed by atoms with E-state index in [1.54, 1.807) is 4.90 Å². The lowest BCUT2D eigenvalue weighted by atomic mass is 9.82. The number of nitrogens with zero attached hydrogens (tertiary/aromatic N) is 1. The highest BCUT2D eigenvalue weighted by Crippen LogP contribution is 2.34. The lowest BCUT2D eigenvalue weighted by Gasteiger charge is -2.39. The number of hydrogen-bond acceptors (Lipinski definition) is 4. The Kier molecular flexibility index (Phi) is 3.71. The minimum absolute atomic E-state index is 0.126. The first-order valence-electron chi connectivity index (χ1n) is 6.60. The maximum absolute atomic E-state index is 12.1. The van der Waals surface area contributed by atoms with E-state index in [4.69, 9.17) is 9.47 Å². The van der Waals surface area contributed by atoms with Crippen molar-refractivity contribution in [1.29, 1.82) is 0 Å². The fourth-order valence-electron chi connectivity index (χ4n) is 2.78. The number of piperidine rings is 1. The molecule has 6 nitrogen and oxygen atoms in total. The predicted octanol–water partition coefficient (Wildman–Crippen LogP) is 1.34. The van der Waals surface area contributed by atoms with Gasteiger partial charge < -0.3 is 19.5 Å². The molecule has 2 rings (SSSR count). The van der Waals surface area contributed by atoms with Gasteiger partial charge in [0.2, 0.25) is 0 Å². The van der Waals surface area contributed by atoms with E-state index in [1.165, 1.54) is 0 Å². The number of carbonyl (C=O) groups excluding carboxylic acids is 1. The number of fused-ring (bicyclic) bond motifs is 1. The minimum Gasteiger partial charge on any atom is -0.481 e. The van der Waals surface area contributed by atoms with Gasteiger partial charge in [0.05, 0.1) is 25.2 Å². The van der Waals surface area contributed by atoms with Crippen molar-refractivity contribution in [2.75, 3.05) is 19.8 Å². The lowest BCUT2D eigenvalue weighted by molar-refractivity contribution is -0.146.